The normalized spacial score (nSPS) is 24.9. The molecule has 0 amide bonds. The van der Waals surface area contributed by atoms with Crippen molar-refractivity contribution in [2.24, 2.45) is 11.3 Å². The summed E-state index contributed by atoms with van der Waals surface area (Å²) >= 11 is 6.24. The third kappa shape index (κ3) is 5.06. The van der Waals surface area contributed by atoms with Crippen molar-refractivity contribution in [3.05, 3.63) is 41.1 Å². The topological polar surface area (TPSA) is 47.6 Å². The number of carbonyl (C=O) groups is 1. The number of benzene rings is 1. The largest absolute Gasteiger partial charge is 0.496 e. The van der Waals surface area contributed by atoms with Gasteiger partial charge in [0.1, 0.15) is 11.8 Å². The van der Waals surface area contributed by atoms with E-state index in [-0.39, 0.29) is 23.3 Å². The molecule has 1 aromatic rings. The average Bonchev–Trinajstić information content (AvgIpc) is 2.90. The van der Waals surface area contributed by atoms with Crippen molar-refractivity contribution in [3.8, 4) is 18.1 Å². The molecule has 1 heterocycles. The first-order valence-electron chi connectivity index (χ1n) is 9.00. The summed E-state index contributed by atoms with van der Waals surface area (Å²) in [4.78, 5) is 12.8. The SMILES string of the molecule is C#CC1[C@H](CC(C)(C)C)N[C@@H](C(=O)OC(=C)C)[C@@H]1c1cc(Cl)ccc1OC. The molecule has 27 heavy (non-hydrogen) atoms. The third-order valence-corrected chi connectivity index (χ3v) is 4.91. The van der Waals surface area contributed by atoms with Crippen LogP contribution in [0, 0.1) is 23.7 Å². The van der Waals surface area contributed by atoms with E-state index >= 15 is 0 Å². The van der Waals surface area contributed by atoms with Gasteiger partial charge in [-0.15, -0.1) is 12.3 Å². The van der Waals surface area contributed by atoms with Crippen LogP contribution in [0.2, 0.25) is 5.02 Å². The lowest BCUT2D eigenvalue weighted by Gasteiger charge is -2.27. The number of hydrogen-bond acceptors (Lipinski definition) is 4. The van der Waals surface area contributed by atoms with Gasteiger partial charge in [-0.05, 0) is 37.0 Å². The summed E-state index contributed by atoms with van der Waals surface area (Å²) in [7, 11) is 1.59. The number of halogens is 1. The molecule has 2 rings (SSSR count). The van der Waals surface area contributed by atoms with E-state index in [1.54, 1.807) is 26.2 Å². The lowest BCUT2D eigenvalue weighted by molar-refractivity contribution is -0.141. The Morgan fingerprint density at radius 1 is 1.41 bits per heavy atom. The highest BCUT2D eigenvalue weighted by atomic mass is 35.5. The molecule has 5 heteroatoms. The second kappa shape index (κ2) is 8.37. The van der Waals surface area contributed by atoms with Gasteiger partial charge < -0.3 is 9.47 Å². The zero-order valence-electron chi connectivity index (χ0n) is 16.6. The molecule has 1 aromatic carbocycles. The molecule has 1 unspecified atom stereocenters. The standard InChI is InChI=1S/C22H28ClNO3/c1-8-15-17(12-22(4,5)6)24-20(21(25)27-13(2)3)19(15)16-11-14(23)9-10-18(16)26-7/h1,9-11,15,17,19-20,24H,2,12H2,3-7H3/t15?,17-,19-,20+/m0/s1. The van der Waals surface area contributed by atoms with Crippen LogP contribution in [0.4, 0.5) is 0 Å². The number of allylic oxidation sites excluding steroid dienone is 1. The number of nitrogens with one attached hydrogen (secondary N) is 1. The number of rotatable bonds is 5. The lowest BCUT2D eigenvalue weighted by atomic mass is 9.77. The van der Waals surface area contributed by atoms with Gasteiger partial charge in [0.15, 0.2) is 0 Å². The molecule has 1 aliphatic heterocycles. The maximum atomic E-state index is 12.8. The van der Waals surface area contributed by atoms with E-state index in [2.05, 4.69) is 38.6 Å². The Labute approximate surface area is 167 Å². The van der Waals surface area contributed by atoms with Gasteiger partial charge in [0.25, 0.3) is 0 Å². The fraction of sp³-hybridized carbons (Fsp3) is 0.500. The fourth-order valence-electron chi connectivity index (χ4n) is 3.75. The molecule has 0 radical (unpaired) electrons. The minimum atomic E-state index is -0.609. The molecule has 0 saturated carbocycles. The monoisotopic (exact) mass is 389 g/mol. The minimum absolute atomic E-state index is 0.0358. The predicted molar refractivity (Wildman–Crippen MR) is 109 cm³/mol. The summed E-state index contributed by atoms with van der Waals surface area (Å²) in [5.74, 6) is 2.97. The summed E-state index contributed by atoms with van der Waals surface area (Å²) in [5, 5.41) is 3.98. The Morgan fingerprint density at radius 2 is 2.07 bits per heavy atom. The number of esters is 1. The van der Waals surface area contributed by atoms with E-state index in [1.807, 2.05) is 6.07 Å². The van der Waals surface area contributed by atoms with Gasteiger partial charge in [-0.1, -0.05) is 39.0 Å². The molecule has 1 fully saturated rings. The maximum absolute atomic E-state index is 12.8. The summed E-state index contributed by atoms with van der Waals surface area (Å²) < 4.78 is 10.8. The van der Waals surface area contributed by atoms with Crippen molar-refractivity contribution in [2.45, 2.75) is 52.1 Å². The first-order valence-corrected chi connectivity index (χ1v) is 9.38. The minimum Gasteiger partial charge on any atom is -0.496 e. The molecular weight excluding hydrogens is 362 g/mol. The van der Waals surface area contributed by atoms with Crippen LogP contribution in [0.1, 0.15) is 45.6 Å². The van der Waals surface area contributed by atoms with E-state index in [1.165, 1.54) is 0 Å². The number of ether oxygens (including phenoxy) is 2. The summed E-state index contributed by atoms with van der Waals surface area (Å²) in [6, 6.07) is 4.72. The second-order valence-electron chi connectivity index (χ2n) is 8.24. The van der Waals surface area contributed by atoms with Crippen LogP contribution in [-0.2, 0) is 9.53 Å². The predicted octanol–water partition coefficient (Wildman–Crippen LogP) is 4.54. The molecule has 1 saturated heterocycles. The molecule has 146 valence electrons. The van der Waals surface area contributed by atoms with Gasteiger partial charge in [-0.25, -0.2) is 4.79 Å². The van der Waals surface area contributed by atoms with Gasteiger partial charge in [0.05, 0.1) is 12.9 Å². The van der Waals surface area contributed by atoms with Gasteiger partial charge in [-0.3, -0.25) is 5.32 Å². The molecule has 4 atom stereocenters. The number of methoxy groups -OCH3 is 1. The lowest BCUT2D eigenvalue weighted by Crippen LogP contribution is -2.40. The fourth-order valence-corrected chi connectivity index (χ4v) is 3.93. The smallest absolute Gasteiger partial charge is 0.328 e. The van der Waals surface area contributed by atoms with Crippen molar-refractivity contribution < 1.29 is 14.3 Å². The quantitative estimate of drug-likeness (QED) is 0.456. The summed E-state index contributed by atoms with van der Waals surface area (Å²) in [6.07, 6.45) is 6.75. The van der Waals surface area contributed by atoms with E-state index in [0.717, 1.165) is 12.0 Å². The van der Waals surface area contributed by atoms with Crippen molar-refractivity contribution in [1.82, 2.24) is 5.32 Å². The first kappa shape index (κ1) is 21.3. The first-order chi connectivity index (χ1) is 12.6. The number of carbonyl (C=O) groups excluding carboxylic acids is 1. The van der Waals surface area contributed by atoms with Crippen LogP contribution < -0.4 is 10.1 Å². The van der Waals surface area contributed by atoms with Crippen LogP contribution in [0.3, 0.4) is 0 Å². The van der Waals surface area contributed by atoms with Gasteiger partial charge in [0, 0.05) is 28.5 Å². The van der Waals surface area contributed by atoms with Crippen LogP contribution in [-0.4, -0.2) is 25.2 Å². The zero-order chi connectivity index (χ0) is 20.4. The van der Waals surface area contributed by atoms with E-state index < -0.39 is 12.0 Å². The Hall–Kier alpha value is -1.96. The van der Waals surface area contributed by atoms with Crippen molar-refractivity contribution in [1.29, 1.82) is 0 Å². The van der Waals surface area contributed by atoms with E-state index in [9.17, 15) is 4.79 Å². The molecule has 1 aliphatic rings. The molecule has 0 bridgehead atoms. The van der Waals surface area contributed by atoms with Crippen LogP contribution >= 0.6 is 11.6 Å². The summed E-state index contributed by atoms with van der Waals surface area (Å²) in [5.41, 5.74) is 0.851. The Kier molecular flexibility index (Phi) is 6.62. The van der Waals surface area contributed by atoms with E-state index in [4.69, 9.17) is 27.5 Å². The second-order valence-corrected chi connectivity index (χ2v) is 8.68. The highest BCUT2D eigenvalue weighted by molar-refractivity contribution is 6.30. The van der Waals surface area contributed by atoms with Crippen molar-refractivity contribution >= 4 is 17.6 Å². The molecule has 0 spiro atoms. The third-order valence-electron chi connectivity index (χ3n) is 4.68. The highest BCUT2D eigenvalue weighted by Gasteiger charge is 2.48. The Bertz CT molecular complexity index is 760. The van der Waals surface area contributed by atoms with E-state index in [0.29, 0.717) is 16.5 Å². The Morgan fingerprint density at radius 3 is 2.59 bits per heavy atom. The number of terminal acetylenes is 1. The maximum Gasteiger partial charge on any atom is 0.328 e. The molecular formula is C22H28ClNO3. The Balaban J connectivity index is 2.53. The van der Waals surface area contributed by atoms with Gasteiger partial charge >= 0.3 is 5.97 Å². The molecule has 1 N–H and O–H groups in total. The van der Waals surface area contributed by atoms with Crippen LogP contribution in [0.25, 0.3) is 0 Å². The molecule has 0 aromatic heterocycles. The summed E-state index contributed by atoms with van der Waals surface area (Å²) in [6.45, 7) is 11.8. The molecule has 4 nitrogen and oxygen atoms in total. The van der Waals surface area contributed by atoms with Crippen LogP contribution in [0.5, 0.6) is 5.75 Å². The van der Waals surface area contributed by atoms with Crippen molar-refractivity contribution in [2.75, 3.05) is 7.11 Å². The van der Waals surface area contributed by atoms with Crippen LogP contribution in [0.15, 0.2) is 30.5 Å². The molecule has 0 aliphatic carbocycles. The van der Waals surface area contributed by atoms with Gasteiger partial charge in [0.2, 0.25) is 0 Å². The zero-order valence-corrected chi connectivity index (χ0v) is 17.4. The van der Waals surface area contributed by atoms with Gasteiger partial charge in [-0.2, -0.15) is 0 Å². The van der Waals surface area contributed by atoms with Crippen molar-refractivity contribution in [3.63, 3.8) is 0 Å². The number of hydrogen-bond donors (Lipinski definition) is 1. The average molecular weight is 390 g/mol. The highest BCUT2D eigenvalue weighted by Crippen LogP contribution is 2.44.